The van der Waals surface area contributed by atoms with Crippen molar-refractivity contribution in [1.29, 1.82) is 0 Å². The van der Waals surface area contributed by atoms with E-state index in [1.165, 1.54) is 50.7 Å². The second-order valence-electron chi connectivity index (χ2n) is 9.60. The summed E-state index contributed by atoms with van der Waals surface area (Å²) in [5.41, 5.74) is 1.50. The van der Waals surface area contributed by atoms with E-state index in [0.717, 1.165) is 78.2 Å². The molecule has 190 valence electrons. The average molecular weight is 512 g/mol. The first-order valence-corrected chi connectivity index (χ1v) is 13.2. The van der Waals surface area contributed by atoms with E-state index in [0.29, 0.717) is 0 Å². The average Bonchev–Trinajstić information content (AvgIpc) is 2.87. The monoisotopic (exact) mass is 511 g/mol. The number of unbranched alkanes of at least 4 members (excludes halogenated alkanes) is 1. The molecule has 1 fully saturated rings. The zero-order valence-electron chi connectivity index (χ0n) is 20.7. The van der Waals surface area contributed by atoms with Gasteiger partial charge in [-0.25, -0.2) is 0 Å². The Hall–Kier alpha value is -1.75. The molecule has 0 radical (unpaired) electrons. The molecule has 0 unspecified atom stereocenters. The normalized spacial score (nSPS) is 17.5. The van der Waals surface area contributed by atoms with Crippen molar-refractivity contribution in [3.63, 3.8) is 0 Å². The van der Waals surface area contributed by atoms with Crippen LogP contribution in [0.1, 0.15) is 31.2 Å². The van der Waals surface area contributed by atoms with Crippen LogP contribution in [-0.2, 0) is 22.9 Å². The fourth-order valence-electron chi connectivity index (χ4n) is 5.42. The number of nitrogens with zero attached hydrogens (tertiary/aromatic N) is 4. The third-order valence-electron chi connectivity index (χ3n) is 7.18. The standard InChI is InChI=1S/C30H37N4.Ni/c1(2-20-34-21-6-16-32-18-17-31-14-5-15-33-19-22-34)7-26-23-27-10-3-8-24-12-13-25-9-4-11-28(26)30(25)29(24)27;/h3-4,8-13,23H,1-2,5-7,14-22H2;/q-3;. The minimum Gasteiger partial charge on any atom is -0.664 e. The van der Waals surface area contributed by atoms with E-state index in [2.05, 4.69) is 70.1 Å². The maximum absolute atomic E-state index is 4.74. The van der Waals surface area contributed by atoms with Crippen molar-refractivity contribution in [2.24, 2.45) is 0 Å². The summed E-state index contributed by atoms with van der Waals surface area (Å²) in [5, 5.41) is 22.3. The van der Waals surface area contributed by atoms with E-state index >= 15 is 0 Å². The van der Waals surface area contributed by atoms with Gasteiger partial charge in [0.2, 0.25) is 0 Å². The number of hydrogen-bond acceptors (Lipinski definition) is 1. The fourth-order valence-corrected chi connectivity index (χ4v) is 5.42. The molecule has 4 aromatic rings. The largest absolute Gasteiger partial charge is 0.664 e. The van der Waals surface area contributed by atoms with Crippen LogP contribution in [0.4, 0.5) is 0 Å². The van der Waals surface area contributed by atoms with Crippen LogP contribution in [-0.4, -0.2) is 63.8 Å². The minimum atomic E-state index is 0. The molecule has 0 N–H and O–H groups in total. The summed E-state index contributed by atoms with van der Waals surface area (Å²) in [4.78, 5) is 2.61. The molecule has 1 saturated heterocycles. The number of rotatable bonds is 5. The minimum absolute atomic E-state index is 0. The van der Waals surface area contributed by atoms with Crippen LogP contribution >= 0.6 is 0 Å². The van der Waals surface area contributed by atoms with Gasteiger partial charge in [0.1, 0.15) is 0 Å². The molecule has 5 heteroatoms. The summed E-state index contributed by atoms with van der Waals surface area (Å²) in [6, 6.07) is 20.5. The maximum Gasteiger partial charge on any atom is 0 e. The molecule has 35 heavy (non-hydrogen) atoms. The summed E-state index contributed by atoms with van der Waals surface area (Å²) in [7, 11) is 0. The van der Waals surface area contributed by atoms with Crippen molar-refractivity contribution < 1.29 is 16.5 Å². The SMILES string of the molecule is [Ni].c1cc2ccc3cccc4c(CCCCN5CCC[N-]CC[N-]CCC[N-]CC5)cc(c1)c2c34. The zero-order chi connectivity index (χ0) is 23.0. The molecular formula is C30H37N4Ni-3. The van der Waals surface area contributed by atoms with E-state index in [-0.39, 0.29) is 16.5 Å². The first kappa shape index (κ1) is 26.3. The molecule has 4 nitrogen and oxygen atoms in total. The van der Waals surface area contributed by atoms with Crippen LogP contribution in [0.5, 0.6) is 0 Å². The van der Waals surface area contributed by atoms with Crippen LogP contribution < -0.4 is 0 Å². The van der Waals surface area contributed by atoms with Crippen LogP contribution in [0.2, 0.25) is 0 Å². The summed E-state index contributed by atoms with van der Waals surface area (Å²) in [6.45, 7) is 8.93. The smallest absolute Gasteiger partial charge is 0 e. The summed E-state index contributed by atoms with van der Waals surface area (Å²) < 4.78 is 0. The molecule has 0 spiro atoms. The molecular weight excluding hydrogens is 475 g/mol. The van der Waals surface area contributed by atoms with Gasteiger partial charge in [-0.15, -0.1) is 13.1 Å². The predicted octanol–water partition coefficient (Wildman–Crippen LogP) is 7.12. The number of benzene rings is 4. The number of aryl methyl sites for hydroxylation is 1. The Morgan fingerprint density at radius 1 is 0.629 bits per heavy atom. The maximum atomic E-state index is 4.74. The third kappa shape index (κ3) is 6.73. The molecule has 0 bridgehead atoms. The van der Waals surface area contributed by atoms with Gasteiger partial charge in [0.05, 0.1) is 0 Å². The van der Waals surface area contributed by atoms with Gasteiger partial charge in [0.25, 0.3) is 0 Å². The van der Waals surface area contributed by atoms with Crippen LogP contribution in [0.3, 0.4) is 0 Å². The summed E-state index contributed by atoms with van der Waals surface area (Å²) in [5.74, 6) is 0. The third-order valence-corrected chi connectivity index (χ3v) is 7.18. The molecule has 0 aromatic heterocycles. The Morgan fingerprint density at radius 2 is 1.31 bits per heavy atom. The van der Waals surface area contributed by atoms with Gasteiger partial charge >= 0.3 is 0 Å². The molecule has 0 atom stereocenters. The molecule has 1 aliphatic heterocycles. The Balaban J connectivity index is 0.00000289. The van der Waals surface area contributed by atoms with Gasteiger partial charge < -0.3 is 20.9 Å². The van der Waals surface area contributed by atoms with Gasteiger partial charge in [-0.1, -0.05) is 67.4 Å². The first-order chi connectivity index (χ1) is 16.9. The van der Waals surface area contributed by atoms with Crippen LogP contribution in [0.15, 0.2) is 54.6 Å². The van der Waals surface area contributed by atoms with Crippen molar-refractivity contribution in [2.45, 2.75) is 32.1 Å². The Kier molecular flexibility index (Phi) is 10.2. The van der Waals surface area contributed by atoms with Crippen molar-refractivity contribution in [2.75, 3.05) is 58.9 Å². The molecule has 0 amide bonds. The second kappa shape index (κ2) is 13.5. The molecule has 5 rings (SSSR count). The van der Waals surface area contributed by atoms with E-state index in [9.17, 15) is 0 Å². The Bertz CT molecular complexity index is 1160. The molecule has 4 aromatic carbocycles. The van der Waals surface area contributed by atoms with Crippen LogP contribution in [0.25, 0.3) is 48.3 Å². The van der Waals surface area contributed by atoms with Crippen molar-refractivity contribution in [1.82, 2.24) is 4.90 Å². The van der Waals surface area contributed by atoms with E-state index < -0.39 is 0 Å². The number of hydrogen-bond donors (Lipinski definition) is 0. The van der Waals surface area contributed by atoms with Crippen molar-refractivity contribution in [3.05, 3.63) is 76.1 Å². The first-order valence-electron chi connectivity index (χ1n) is 13.2. The van der Waals surface area contributed by atoms with Gasteiger partial charge in [0.15, 0.2) is 0 Å². The van der Waals surface area contributed by atoms with E-state index in [1.54, 1.807) is 0 Å². The quantitative estimate of drug-likeness (QED) is 0.160. The van der Waals surface area contributed by atoms with Gasteiger partial charge in [-0.2, -0.15) is 26.2 Å². The van der Waals surface area contributed by atoms with Gasteiger partial charge in [0, 0.05) is 16.5 Å². The van der Waals surface area contributed by atoms with Crippen molar-refractivity contribution in [3.8, 4) is 0 Å². The van der Waals surface area contributed by atoms with Crippen molar-refractivity contribution >= 4 is 32.3 Å². The summed E-state index contributed by atoms with van der Waals surface area (Å²) >= 11 is 0. The van der Waals surface area contributed by atoms with E-state index in [4.69, 9.17) is 5.32 Å². The summed E-state index contributed by atoms with van der Waals surface area (Å²) in [6.07, 6.45) is 5.82. The van der Waals surface area contributed by atoms with Gasteiger partial charge in [-0.05, 0) is 76.8 Å². The Morgan fingerprint density at radius 3 is 2.14 bits per heavy atom. The molecule has 1 heterocycles. The van der Waals surface area contributed by atoms with Gasteiger partial charge in [-0.3, -0.25) is 0 Å². The van der Waals surface area contributed by atoms with Crippen LogP contribution in [0, 0.1) is 0 Å². The molecule has 1 aliphatic rings. The van der Waals surface area contributed by atoms with E-state index in [1.807, 2.05) is 0 Å². The Labute approximate surface area is 220 Å². The molecule has 0 aliphatic carbocycles. The second-order valence-corrected chi connectivity index (χ2v) is 9.60. The fraction of sp³-hybridized carbons (Fsp3) is 0.467. The topological polar surface area (TPSA) is 45.5 Å². The molecule has 0 saturated carbocycles. The predicted molar refractivity (Wildman–Crippen MR) is 148 cm³/mol. The zero-order valence-corrected chi connectivity index (χ0v) is 21.7.